The lowest BCUT2D eigenvalue weighted by Gasteiger charge is -2.08. The van der Waals surface area contributed by atoms with Gasteiger partial charge in [-0.15, -0.1) is 0 Å². The van der Waals surface area contributed by atoms with Crippen molar-refractivity contribution in [3.05, 3.63) is 114 Å². The molecule has 0 spiro atoms. The van der Waals surface area contributed by atoms with E-state index in [1.54, 1.807) is 24.3 Å². The average Bonchev–Trinajstić information content (AvgIpc) is 3.31. The second-order valence-corrected chi connectivity index (χ2v) is 6.96. The Balaban J connectivity index is 1.26. The minimum absolute atomic E-state index is 0.0380. The number of nitrogens with one attached hydrogen (secondary N) is 2. The second kappa shape index (κ2) is 10.1. The number of benzene rings is 3. The van der Waals surface area contributed by atoms with Crippen LogP contribution in [-0.2, 0) is 13.2 Å². The van der Waals surface area contributed by atoms with Crippen LogP contribution in [0.15, 0.2) is 95.6 Å². The second-order valence-electron chi connectivity index (χ2n) is 6.96. The van der Waals surface area contributed by atoms with Crippen LogP contribution in [0.3, 0.4) is 0 Å². The molecule has 1 heterocycles. The fourth-order valence-electron chi connectivity index (χ4n) is 2.91. The third-order valence-corrected chi connectivity index (χ3v) is 4.62. The smallest absolute Gasteiger partial charge is 0.302 e. The van der Waals surface area contributed by atoms with E-state index in [9.17, 15) is 9.59 Å². The Morgan fingerprint density at radius 1 is 0.812 bits per heavy atom. The first-order chi connectivity index (χ1) is 15.7. The number of hydrogen-bond donors (Lipinski definition) is 2. The van der Waals surface area contributed by atoms with Crippen LogP contribution >= 0.6 is 0 Å². The normalized spacial score (nSPS) is 10.4. The van der Waals surface area contributed by atoms with Gasteiger partial charge in [-0.3, -0.25) is 14.9 Å². The van der Waals surface area contributed by atoms with E-state index in [4.69, 9.17) is 9.15 Å². The zero-order valence-corrected chi connectivity index (χ0v) is 17.2. The summed E-state index contributed by atoms with van der Waals surface area (Å²) in [5, 5.41) is 5.30. The molecule has 7 nitrogen and oxygen atoms in total. The van der Waals surface area contributed by atoms with Crippen molar-refractivity contribution in [1.82, 2.24) is 10.3 Å². The minimum Gasteiger partial charge on any atom is -0.489 e. The van der Waals surface area contributed by atoms with Gasteiger partial charge >= 0.3 is 6.01 Å². The summed E-state index contributed by atoms with van der Waals surface area (Å²) < 4.78 is 11.0. The van der Waals surface area contributed by atoms with Crippen LogP contribution in [0, 0.1) is 0 Å². The van der Waals surface area contributed by atoms with Crippen LogP contribution < -0.4 is 15.4 Å². The Labute approximate surface area is 185 Å². The summed E-state index contributed by atoms with van der Waals surface area (Å²) in [4.78, 5) is 28.5. The molecular formula is C25H21N3O4. The Morgan fingerprint density at radius 3 is 2.22 bits per heavy atom. The van der Waals surface area contributed by atoms with E-state index < -0.39 is 5.91 Å². The van der Waals surface area contributed by atoms with Gasteiger partial charge in [-0.1, -0.05) is 60.7 Å². The van der Waals surface area contributed by atoms with Crippen molar-refractivity contribution in [3.8, 4) is 5.75 Å². The Bertz CT molecular complexity index is 1170. The number of nitrogens with zero attached hydrogens (tertiary/aromatic N) is 1. The first kappa shape index (κ1) is 20.9. The maximum atomic E-state index is 12.3. The number of carbonyl (C=O) groups excluding carboxylic acids is 2. The van der Waals surface area contributed by atoms with Gasteiger partial charge in [0.25, 0.3) is 11.8 Å². The number of amides is 2. The highest BCUT2D eigenvalue weighted by Crippen LogP contribution is 2.15. The lowest BCUT2D eigenvalue weighted by atomic mass is 10.2. The fraction of sp³-hybridized carbons (Fsp3) is 0.0800. The Kier molecular flexibility index (Phi) is 6.57. The summed E-state index contributed by atoms with van der Waals surface area (Å²) in [6, 6.07) is 26.0. The molecule has 1 aromatic heterocycles. The van der Waals surface area contributed by atoms with Gasteiger partial charge in [-0.2, -0.15) is 4.98 Å². The molecule has 0 radical (unpaired) electrons. The van der Waals surface area contributed by atoms with Crippen LogP contribution in [0.2, 0.25) is 0 Å². The van der Waals surface area contributed by atoms with Crippen molar-refractivity contribution in [2.24, 2.45) is 0 Å². The lowest BCUT2D eigenvalue weighted by Crippen LogP contribution is -2.23. The zero-order chi connectivity index (χ0) is 22.2. The van der Waals surface area contributed by atoms with E-state index in [1.807, 2.05) is 60.7 Å². The van der Waals surface area contributed by atoms with Crippen molar-refractivity contribution in [2.45, 2.75) is 13.2 Å². The number of hydrogen-bond acceptors (Lipinski definition) is 5. The van der Waals surface area contributed by atoms with E-state index in [1.165, 1.54) is 6.26 Å². The van der Waals surface area contributed by atoms with Gasteiger partial charge < -0.3 is 14.5 Å². The summed E-state index contributed by atoms with van der Waals surface area (Å²) in [5.74, 6) is -0.0217. The van der Waals surface area contributed by atoms with E-state index in [0.29, 0.717) is 18.7 Å². The number of rotatable bonds is 8. The Morgan fingerprint density at radius 2 is 1.50 bits per heavy atom. The van der Waals surface area contributed by atoms with Crippen LogP contribution in [0.1, 0.15) is 32.0 Å². The predicted molar refractivity (Wildman–Crippen MR) is 119 cm³/mol. The average molecular weight is 427 g/mol. The third-order valence-electron chi connectivity index (χ3n) is 4.62. The van der Waals surface area contributed by atoms with Crippen LogP contribution in [0.4, 0.5) is 6.01 Å². The van der Waals surface area contributed by atoms with E-state index in [2.05, 4.69) is 15.6 Å². The number of oxazole rings is 1. The van der Waals surface area contributed by atoms with Gasteiger partial charge in [0, 0.05) is 12.1 Å². The summed E-state index contributed by atoms with van der Waals surface area (Å²) in [5.41, 5.74) is 2.55. The topological polar surface area (TPSA) is 93.5 Å². The van der Waals surface area contributed by atoms with E-state index in [-0.39, 0.29) is 17.6 Å². The highest BCUT2D eigenvalue weighted by molar-refractivity contribution is 6.03. The van der Waals surface area contributed by atoms with Gasteiger partial charge in [0.1, 0.15) is 18.6 Å². The maximum Gasteiger partial charge on any atom is 0.302 e. The molecule has 0 bridgehead atoms. The highest BCUT2D eigenvalue weighted by Gasteiger charge is 2.14. The fourth-order valence-corrected chi connectivity index (χ4v) is 2.91. The van der Waals surface area contributed by atoms with Crippen molar-refractivity contribution in [2.75, 3.05) is 5.32 Å². The molecule has 3 aromatic carbocycles. The van der Waals surface area contributed by atoms with Gasteiger partial charge in [-0.25, -0.2) is 0 Å². The zero-order valence-electron chi connectivity index (χ0n) is 17.2. The molecule has 0 aliphatic heterocycles. The van der Waals surface area contributed by atoms with Crippen molar-refractivity contribution in [1.29, 1.82) is 0 Å². The molecule has 32 heavy (non-hydrogen) atoms. The molecule has 0 atom stereocenters. The molecule has 160 valence electrons. The lowest BCUT2D eigenvalue weighted by molar-refractivity contribution is 0.0944. The van der Waals surface area contributed by atoms with E-state index >= 15 is 0 Å². The molecule has 7 heteroatoms. The van der Waals surface area contributed by atoms with Crippen molar-refractivity contribution in [3.63, 3.8) is 0 Å². The number of aromatic nitrogens is 1. The number of carbonyl (C=O) groups is 2. The molecule has 2 N–H and O–H groups in total. The van der Waals surface area contributed by atoms with Crippen LogP contribution in [0.25, 0.3) is 0 Å². The van der Waals surface area contributed by atoms with Crippen molar-refractivity contribution >= 4 is 17.8 Å². The highest BCUT2D eigenvalue weighted by atomic mass is 16.5. The number of anilines is 1. The van der Waals surface area contributed by atoms with Gasteiger partial charge in [-0.05, 0) is 35.4 Å². The van der Waals surface area contributed by atoms with E-state index in [0.717, 1.165) is 16.9 Å². The quantitative estimate of drug-likeness (QED) is 0.434. The third kappa shape index (κ3) is 5.60. The molecule has 0 fully saturated rings. The molecule has 0 saturated heterocycles. The minimum atomic E-state index is -0.404. The summed E-state index contributed by atoms with van der Waals surface area (Å²) in [7, 11) is 0. The maximum absolute atomic E-state index is 12.3. The standard InChI is InChI=1S/C25H21N3O4/c29-23(20-9-5-2-6-10-20)28-25-27-22(17-32-25)24(30)26-15-18-11-13-21(14-12-18)31-16-19-7-3-1-4-8-19/h1-14,17H,15-16H2,(H,26,30)(H,27,28,29). The molecule has 0 saturated carbocycles. The molecule has 4 aromatic rings. The van der Waals surface area contributed by atoms with Gasteiger partial charge in [0.15, 0.2) is 5.69 Å². The summed E-state index contributed by atoms with van der Waals surface area (Å²) >= 11 is 0. The van der Waals surface area contributed by atoms with Gasteiger partial charge in [0.2, 0.25) is 0 Å². The molecule has 0 aliphatic carbocycles. The van der Waals surface area contributed by atoms with Gasteiger partial charge in [0.05, 0.1) is 0 Å². The molecule has 0 aliphatic rings. The monoisotopic (exact) mass is 427 g/mol. The van der Waals surface area contributed by atoms with Crippen molar-refractivity contribution < 1.29 is 18.7 Å². The number of ether oxygens (including phenoxy) is 1. The Hall–Kier alpha value is -4.39. The van der Waals surface area contributed by atoms with Crippen LogP contribution in [-0.4, -0.2) is 16.8 Å². The first-order valence-electron chi connectivity index (χ1n) is 10.0. The predicted octanol–water partition coefficient (Wildman–Crippen LogP) is 4.44. The molecule has 4 rings (SSSR count). The first-order valence-corrected chi connectivity index (χ1v) is 10.0. The molecular weight excluding hydrogens is 406 g/mol. The molecule has 2 amide bonds. The SMILES string of the molecule is O=C(Nc1nc(C(=O)NCc2ccc(OCc3ccccc3)cc2)co1)c1ccccc1. The summed E-state index contributed by atoms with van der Waals surface area (Å²) in [6.45, 7) is 0.808. The van der Waals surface area contributed by atoms with Crippen LogP contribution in [0.5, 0.6) is 5.75 Å². The summed E-state index contributed by atoms with van der Waals surface area (Å²) in [6.07, 6.45) is 1.20. The molecule has 0 unspecified atom stereocenters. The largest absolute Gasteiger partial charge is 0.489 e.